The Morgan fingerprint density at radius 3 is 2.40 bits per heavy atom. The minimum atomic E-state index is -0.791. The van der Waals surface area contributed by atoms with E-state index in [2.05, 4.69) is 0 Å². The SMILES string of the molecule is CO[C@H](O)c1ccccc1. The van der Waals surface area contributed by atoms with Crippen LogP contribution in [0, 0.1) is 0 Å². The van der Waals surface area contributed by atoms with E-state index >= 15 is 0 Å². The highest BCUT2D eigenvalue weighted by Gasteiger charge is 2.01. The minimum Gasteiger partial charge on any atom is -0.364 e. The van der Waals surface area contributed by atoms with Gasteiger partial charge in [0, 0.05) is 12.7 Å². The van der Waals surface area contributed by atoms with Gasteiger partial charge in [-0.25, -0.2) is 0 Å². The lowest BCUT2D eigenvalue weighted by Crippen LogP contribution is -1.97. The van der Waals surface area contributed by atoms with Gasteiger partial charge in [-0.05, 0) is 0 Å². The molecule has 0 aliphatic carbocycles. The number of rotatable bonds is 2. The highest BCUT2D eigenvalue weighted by Crippen LogP contribution is 2.10. The molecular weight excluding hydrogens is 128 g/mol. The Bertz CT molecular complexity index is 184. The second-order valence-electron chi connectivity index (χ2n) is 2.00. The topological polar surface area (TPSA) is 29.5 Å². The smallest absolute Gasteiger partial charge is 0.180 e. The van der Waals surface area contributed by atoms with Crippen molar-refractivity contribution in [1.29, 1.82) is 0 Å². The van der Waals surface area contributed by atoms with Crippen LogP contribution in [-0.2, 0) is 4.74 Å². The molecule has 0 spiro atoms. The lowest BCUT2D eigenvalue weighted by molar-refractivity contribution is -0.0769. The van der Waals surface area contributed by atoms with Gasteiger partial charge < -0.3 is 9.84 Å². The third kappa shape index (κ3) is 1.56. The summed E-state index contributed by atoms with van der Waals surface area (Å²) in [7, 11) is 1.47. The van der Waals surface area contributed by atoms with Gasteiger partial charge >= 0.3 is 0 Å². The molecule has 10 heavy (non-hydrogen) atoms. The van der Waals surface area contributed by atoms with Crippen molar-refractivity contribution in [3.05, 3.63) is 35.9 Å². The number of hydrogen-bond acceptors (Lipinski definition) is 2. The summed E-state index contributed by atoms with van der Waals surface area (Å²) in [5.41, 5.74) is 0.782. The van der Waals surface area contributed by atoms with Crippen LogP contribution < -0.4 is 0 Å². The second kappa shape index (κ2) is 3.34. The summed E-state index contributed by atoms with van der Waals surface area (Å²) in [5, 5.41) is 9.11. The van der Waals surface area contributed by atoms with Crippen LogP contribution >= 0.6 is 0 Å². The summed E-state index contributed by atoms with van der Waals surface area (Å²) in [6.45, 7) is 0. The van der Waals surface area contributed by atoms with Crippen LogP contribution in [0.5, 0.6) is 0 Å². The van der Waals surface area contributed by atoms with Gasteiger partial charge in [0.25, 0.3) is 0 Å². The molecule has 0 amide bonds. The fourth-order valence-electron chi connectivity index (χ4n) is 0.754. The highest BCUT2D eigenvalue weighted by atomic mass is 16.6. The van der Waals surface area contributed by atoms with Crippen LogP contribution in [0.25, 0.3) is 0 Å². The molecule has 0 saturated carbocycles. The maximum absolute atomic E-state index is 9.11. The fourth-order valence-corrected chi connectivity index (χ4v) is 0.754. The first-order chi connectivity index (χ1) is 4.84. The Balaban J connectivity index is 2.75. The first-order valence-corrected chi connectivity index (χ1v) is 3.10. The fraction of sp³-hybridized carbons (Fsp3) is 0.250. The van der Waals surface area contributed by atoms with Crippen molar-refractivity contribution in [3.8, 4) is 0 Å². The van der Waals surface area contributed by atoms with Gasteiger partial charge in [-0.3, -0.25) is 0 Å². The number of aliphatic hydroxyl groups is 1. The van der Waals surface area contributed by atoms with E-state index in [9.17, 15) is 0 Å². The number of ether oxygens (including phenoxy) is 1. The predicted octanol–water partition coefficient (Wildman–Crippen LogP) is 1.32. The van der Waals surface area contributed by atoms with E-state index in [-0.39, 0.29) is 0 Å². The van der Waals surface area contributed by atoms with Crippen LogP contribution in [0.2, 0.25) is 0 Å². The van der Waals surface area contributed by atoms with E-state index in [4.69, 9.17) is 9.84 Å². The molecule has 1 aromatic carbocycles. The summed E-state index contributed by atoms with van der Waals surface area (Å²) >= 11 is 0. The van der Waals surface area contributed by atoms with Gasteiger partial charge in [-0.2, -0.15) is 0 Å². The molecule has 0 saturated heterocycles. The minimum absolute atomic E-state index is 0.782. The molecule has 0 radical (unpaired) electrons. The Hall–Kier alpha value is -0.860. The Morgan fingerprint density at radius 2 is 1.90 bits per heavy atom. The highest BCUT2D eigenvalue weighted by molar-refractivity contribution is 5.15. The number of benzene rings is 1. The van der Waals surface area contributed by atoms with E-state index in [0.717, 1.165) is 5.56 Å². The average Bonchev–Trinajstić information content (AvgIpc) is 2.05. The quantitative estimate of drug-likeness (QED) is 0.624. The molecule has 0 fully saturated rings. The van der Waals surface area contributed by atoms with E-state index in [1.807, 2.05) is 30.3 Å². The molecule has 1 aromatic rings. The van der Waals surface area contributed by atoms with Crippen LogP contribution in [0.3, 0.4) is 0 Å². The van der Waals surface area contributed by atoms with Crippen molar-refractivity contribution >= 4 is 0 Å². The zero-order valence-corrected chi connectivity index (χ0v) is 5.82. The summed E-state index contributed by atoms with van der Waals surface area (Å²) in [6, 6.07) is 9.24. The van der Waals surface area contributed by atoms with Crippen molar-refractivity contribution in [2.45, 2.75) is 6.29 Å². The molecular formula is C8H10O2. The Labute approximate surface area is 60.1 Å². The lowest BCUT2D eigenvalue weighted by atomic mass is 10.2. The molecule has 2 nitrogen and oxygen atoms in total. The van der Waals surface area contributed by atoms with E-state index in [0.29, 0.717) is 0 Å². The van der Waals surface area contributed by atoms with E-state index < -0.39 is 6.29 Å². The molecule has 1 atom stereocenters. The number of hydrogen-bond donors (Lipinski definition) is 1. The largest absolute Gasteiger partial charge is 0.364 e. The van der Waals surface area contributed by atoms with Crippen LogP contribution in [0.15, 0.2) is 30.3 Å². The van der Waals surface area contributed by atoms with Crippen molar-refractivity contribution in [1.82, 2.24) is 0 Å². The van der Waals surface area contributed by atoms with E-state index in [1.165, 1.54) is 7.11 Å². The van der Waals surface area contributed by atoms with Crippen molar-refractivity contribution in [2.75, 3.05) is 7.11 Å². The summed E-state index contributed by atoms with van der Waals surface area (Å²) in [5.74, 6) is 0. The zero-order chi connectivity index (χ0) is 7.40. The van der Waals surface area contributed by atoms with Gasteiger partial charge in [-0.1, -0.05) is 30.3 Å². The molecule has 2 heteroatoms. The Morgan fingerprint density at radius 1 is 1.30 bits per heavy atom. The maximum Gasteiger partial charge on any atom is 0.180 e. The summed E-state index contributed by atoms with van der Waals surface area (Å²) in [4.78, 5) is 0. The van der Waals surface area contributed by atoms with Gasteiger partial charge in [-0.15, -0.1) is 0 Å². The van der Waals surface area contributed by atoms with E-state index in [1.54, 1.807) is 0 Å². The van der Waals surface area contributed by atoms with Crippen molar-refractivity contribution in [3.63, 3.8) is 0 Å². The van der Waals surface area contributed by atoms with Crippen LogP contribution in [0.4, 0.5) is 0 Å². The van der Waals surface area contributed by atoms with Gasteiger partial charge in [0.05, 0.1) is 0 Å². The number of aliphatic hydroxyl groups excluding tert-OH is 1. The Kier molecular flexibility index (Phi) is 2.42. The second-order valence-corrected chi connectivity index (χ2v) is 2.00. The third-order valence-corrected chi connectivity index (χ3v) is 1.31. The normalized spacial score (nSPS) is 13.0. The summed E-state index contributed by atoms with van der Waals surface area (Å²) < 4.78 is 4.69. The first kappa shape index (κ1) is 7.25. The van der Waals surface area contributed by atoms with Crippen LogP contribution in [-0.4, -0.2) is 12.2 Å². The molecule has 0 heterocycles. The number of methoxy groups -OCH3 is 1. The standard InChI is InChI=1S/C8H10O2/c1-10-8(9)7-5-3-2-4-6-7/h2-6,8-9H,1H3/t8-/m0/s1. The lowest BCUT2D eigenvalue weighted by Gasteiger charge is -2.06. The van der Waals surface area contributed by atoms with Gasteiger partial charge in [0.2, 0.25) is 0 Å². The maximum atomic E-state index is 9.11. The molecule has 0 aliphatic heterocycles. The van der Waals surface area contributed by atoms with Gasteiger partial charge in [0.1, 0.15) is 0 Å². The van der Waals surface area contributed by atoms with Gasteiger partial charge in [0.15, 0.2) is 6.29 Å². The predicted molar refractivity (Wildman–Crippen MR) is 38.4 cm³/mol. The van der Waals surface area contributed by atoms with Crippen molar-refractivity contribution < 1.29 is 9.84 Å². The average molecular weight is 138 g/mol. The molecule has 0 unspecified atom stereocenters. The molecule has 0 aliphatic rings. The molecule has 54 valence electrons. The first-order valence-electron chi connectivity index (χ1n) is 3.10. The monoisotopic (exact) mass is 138 g/mol. The molecule has 1 N–H and O–H groups in total. The summed E-state index contributed by atoms with van der Waals surface area (Å²) in [6.07, 6.45) is -0.791. The van der Waals surface area contributed by atoms with Crippen molar-refractivity contribution in [2.24, 2.45) is 0 Å². The van der Waals surface area contributed by atoms with Crippen LogP contribution in [0.1, 0.15) is 11.9 Å². The molecule has 1 rings (SSSR count). The molecule has 0 aromatic heterocycles. The third-order valence-electron chi connectivity index (χ3n) is 1.31. The zero-order valence-electron chi connectivity index (χ0n) is 5.82. The molecule has 0 bridgehead atoms.